The summed E-state index contributed by atoms with van der Waals surface area (Å²) in [5.41, 5.74) is 1.28. The van der Waals surface area contributed by atoms with Gasteiger partial charge in [-0.15, -0.1) is 0 Å². The number of carbonyl (C=O) groups is 1. The first kappa shape index (κ1) is 12.2. The highest BCUT2D eigenvalue weighted by Crippen LogP contribution is 2.04. The molecule has 13 heavy (non-hydrogen) atoms. The molecule has 0 aromatic rings. The third-order valence-electron chi connectivity index (χ3n) is 1.62. The summed E-state index contributed by atoms with van der Waals surface area (Å²) in [6.07, 6.45) is 3.97. The fourth-order valence-corrected chi connectivity index (χ4v) is 0.904. The van der Waals surface area contributed by atoms with Crippen LogP contribution in [-0.4, -0.2) is 23.8 Å². The van der Waals surface area contributed by atoms with Gasteiger partial charge in [-0.25, -0.2) is 4.79 Å². The molecule has 0 aliphatic heterocycles. The topological polar surface area (TPSA) is 46.5 Å². The summed E-state index contributed by atoms with van der Waals surface area (Å²) >= 11 is 0. The van der Waals surface area contributed by atoms with E-state index in [0.717, 1.165) is 12.8 Å². The molecule has 0 saturated carbocycles. The summed E-state index contributed by atoms with van der Waals surface area (Å²) in [7, 11) is 0. The van der Waals surface area contributed by atoms with Gasteiger partial charge in [-0.2, -0.15) is 0 Å². The molecule has 3 nitrogen and oxygen atoms in total. The van der Waals surface area contributed by atoms with E-state index in [9.17, 15) is 4.79 Å². The average molecular weight is 186 g/mol. The number of carboxylic acid groups (broad SMARTS) is 1. The number of rotatable bonds is 6. The molecule has 1 atom stereocenters. The van der Waals surface area contributed by atoms with E-state index in [0.29, 0.717) is 0 Å². The first-order valence-electron chi connectivity index (χ1n) is 4.49. The van der Waals surface area contributed by atoms with Crippen LogP contribution in [0.15, 0.2) is 11.6 Å². The van der Waals surface area contributed by atoms with E-state index < -0.39 is 5.97 Å². The minimum absolute atomic E-state index is 0.0201. The predicted molar refractivity (Wildman–Crippen MR) is 51.7 cm³/mol. The lowest BCUT2D eigenvalue weighted by molar-refractivity contribution is -0.144. The van der Waals surface area contributed by atoms with Crippen LogP contribution < -0.4 is 0 Å². The van der Waals surface area contributed by atoms with E-state index in [2.05, 4.69) is 6.08 Å². The van der Waals surface area contributed by atoms with Crippen molar-refractivity contribution >= 4 is 5.97 Å². The zero-order valence-corrected chi connectivity index (χ0v) is 8.54. The minimum Gasteiger partial charge on any atom is -0.480 e. The molecule has 0 rings (SSSR count). The Hall–Kier alpha value is -0.830. The average Bonchev–Trinajstić information content (AvgIpc) is 2.00. The Kier molecular flexibility index (Phi) is 6.24. The van der Waals surface area contributed by atoms with Crippen LogP contribution in [0.4, 0.5) is 0 Å². The molecule has 0 saturated heterocycles. The van der Waals surface area contributed by atoms with Gasteiger partial charge in [-0.3, -0.25) is 0 Å². The van der Waals surface area contributed by atoms with Gasteiger partial charge >= 0.3 is 5.97 Å². The standard InChI is InChI=1S/C10H18O3/c1-8(2)5-4-6-9(3)13-7-10(11)12/h5,9H,4,6-7H2,1-3H3,(H,11,12). The lowest BCUT2D eigenvalue weighted by Gasteiger charge is -2.09. The Labute approximate surface area is 79.4 Å². The lowest BCUT2D eigenvalue weighted by Crippen LogP contribution is -2.14. The van der Waals surface area contributed by atoms with Crippen molar-refractivity contribution in [2.75, 3.05) is 6.61 Å². The van der Waals surface area contributed by atoms with Gasteiger partial charge in [0.05, 0.1) is 6.10 Å². The van der Waals surface area contributed by atoms with Crippen LogP contribution in [0.25, 0.3) is 0 Å². The minimum atomic E-state index is -0.908. The summed E-state index contributed by atoms with van der Waals surface area (Å²) in [4.78, 5) is 10.1. The quantitative estimate of drug-likeness (QED) is 0.647. The molecule has 0 heterocycles. The highest BCUT2D eigenvalue weighted by atomic mass is 16.5. The van der Waals surface area contributed by atoms with Crippen molar-refractivity contribution in [1.29, 1.82) is 0 Å². The molecule has 0 fully saturated rings. The van der Waals surface area contributed by atoms with Gasteiger partial charge in [-0.1, -0.05) is 11.6 Å². The van der Waals surface area contributed by atoms with Crippen molar-refractivity contribution < 1.29 is 14.6 Å². The largest absolute Gasteiger partial charge is 0.480 e. The highest BCUT2D eigenvalue weighted by molar-refractivity contribution is 5.68. The van der Waals surface area contributed by atoms with Crippen LogP contribution in [0.2, 0.25) is 0 Å². The summed E-state index contributed by atoms with van der Waals surface area (Å²) in [5, 5.41) is 8.34. The molecule has 1 N–H and O–H groups in total. The Morgan fingerprint density at radius 1 is 1.54 bits per heavy atom. The molecular weight excluding hydrogens is 168 g/mol. The zero-order valence-electron chi connectivity index (χ0n) is 8.54. The second-order valence-corrected chi connectivity index (χ2v) is 3.37. The fourth-order valence-electron chi connectivity index (χ4n) is 0.904. The van der Waals surface area contributed by atoms with Crippen LogP contribution >= 0.6 is 0 Å². The normalized spacial score (nSPS) is 12.2. The number of carboxylic acids is 1. The van der Waals surface area contributed by atoms with Crippen molar-refractivity contribution in [1.82, 2.24) is 0 Å². The van der Waals surface area contributed by atoms with E-state index in [-0.39, 0.29) is 12.7 Å². The first-order valence-corrected chi connectivity index (χ1v) is 4.49. The van der Waals surface area contributed by atoms with Gasteiger partial charge in [0.25, 0.3) is 0 Å². The molecule has 0 aliphatic rings. The van der Waals surface area contributed by atoms with Crippen LogP contribution in [0, 0.1) is 0 Å². The summed E-state index contributed by atoms with van der Waals surface area (Å²) in [5.74, 6) is -0.908. The van der Waals surface area contributed by atoms with E-state index in [4.69, 9.17) is 9.84 Å². The van der Waals surface area contributed by atoms with Gasteiger partial charge in [-0.05, 0) is 33.6 Å². The second-order valence-electron chi connectivity index (χ2n) is 3.37. The maximum atomic E-state index is 10.1. The summed E-state index contributed by atoms with van der Waals surface area (Å²) < 4.78 is 5.06. The van der Waals surface area contributed by atoms with Crippen molar-refractivity contribution in [2.24, 2.45) is 0 Å². The van der Waals surface area contributed by atoms with E-state index in [1.807, 2.05) is 20.8 Å². The molecule has 0 aliphatic carbocycles. The summed E-state index contributed by atoms with van der Waals surface area (Å²) in [6, 6.07) is 0. The Morgan fingerprint density at radius 2 is 2.15 bits per heavy atom. The number of ether oxygens (including phenoxy) is 1. The van der Waals surface area contributed by atoms with Crippen molar-refractivity contribution in [3.63, 3.8) is 0 Å². The Morgan fingerprint density at radius 3 is 2.62 bits per heavy atom. The third kappa shape index (κ3) is 9.08. The van der Waals surface area contributed by atoms with E-state index >= 15 is 0 Å². The number of allylic oxidation sites excluding steroid dienone is 2. The monoisotopic (exact) mass is 186 g/mol. The van der Waals surface area contributed by atoms with Gasteiger partial charge in [0.1, 0.15) is 6.61 Å². The smallest absolute Gasteiger partial charge is 0.329 e. The number of aliphatic carboxylic acids is 1. The van der Waals surface area contributed by atoms with Gasteiger partial charge in [0, 0.05) is 0 Å². The second kappa shape index (κ2) is 6.66. The van der Waals surface area contributed by atoms with Crippen molar-refractivity contribution in [2.45, 2.75) is 39.7 Å². The molecule has 0 radical (unpaired) electrons. The van der Waals surface area contributed by atoms with Crippen molar-refractivity contribution in [3.05, 3.63) is 11.6 Å². The van der Waals surface area contributed by atoms with Gasteiger partial charge in [0.2, 0.25) is 0 Å². The molecule has 0 aromatic heterocycles. The maximum absolute atomic E-state index is 10.1. The molecule has 76 valence electrons. The fraction of sp³-hybridized carbons (Fsp3) is 0.700. The zero-order chi connectivity index (χ0) is 10.3. The molecule has 1 unspecified atom stereocenters. The Bertz CT molecular complexity index is 181. The van der Waals surface area contributed by atoms with Gasteiger partial charge in [0.15, 0.2) is 0 Å². The third-order valence-corrected chi connectivity index (χ3v) is 1.62. The number of hydrogen-bond acceptors (Lipinski definition) is 2. The Balaban J connectivity index is 3.46. The highest BCUT2D eigenvalue weighted by Gasteiger charge is 2.03. The molecular formula is C10H18O3. The maximum Gasteiger partial charge on any atom is 0.329 e. The molecule has 0 amide bonds. The SMILES string of the molecule is CC(C)=CCCC(C)OCC(=O)O. The van der Waals surface area contributed by atoms with E-state index in [1.54, 1.807) is 0 Å². The molecule has 0 aromatic carbocycles. The van der Waals surface area contributed by atoms with Crippen LogP contribution in [0.5, 0.6) is 0 Å². The predicted octanol–water partition coefficient (Wildman–Crippen LogP) is 2.22. The summed E-state index contributed by atoms with van der Waals surface area (Å²) in [6.45, 7) is 5.78. The molecule has 0 spiro atoms. The molecule has 0 bridgehead atoms. The lowest BCUT2D eigenvalue weighted by atomic mass is 10.2. The molecule has 3 heteroatoms. The van der Waals surface area contributed by atoms with E-state index in [1.165, 1.54) is 5.57 Å². The van der Waals surface area contributed by atoms with Crippen LogP contribution in [0.3, 0.4) is 0 Å². The van der Waals surface area contributed by atoms with Crippen molar-refractivity contribution in [3.8, 4) is 0 Å². The first-order chi connectivity index (χ1) is 6.02. The van der Waals surface area contributed by atoms with Crippen LogP contribution in [0.1, 0.15) is 33.6 Å². The number of hydrogen-bond donors (Lipinski definition) is 1. The van der Waals surface area contributed by atoms with Gasteiger partial charge < -0.3 is 9.84 Å². The van der Waals surface area contributed by atoms with Crippen LogP contribution in [-0.2, 0) is 9.53 Å².